The third kappa shape index (κ3) is 2.84. The van der Waals surface area contributed by atoms with Crippen LogP contribution in [0.3, 0.4) is 0 Å². The van der Waals surface area contributed by atoms with E-state index in [2.05, 4.69) is 18.8 Å². The number of carboxylic acids is 1. The van der Waals surface area contributed by atoms with E-state index in [0.717, 1.165) is 29.1 Å². The number of rotatable bonds is 5. The molecule has 1 aromatic heterocycles. The van der Waals surface area contributed by atoms with Crippen molar-refractivity contribution in [2.75, 3.05) is 0 Å². The Kier molecular flexibility index (Phi) is 4.32. The fraction of sp³-hybridized carbons (Fsp3) is 0.333. The number of benzene rings is 1. The van der Waals surface area contributed by atoms with Crippen LogP contribution in [0, 0.1) is 0 Å². The van der Waals surface area contributed by atoms with Crippen molar-refractivity contribution in [1.29, 1.82) is 0 Å². The fourth-order valence-electron chi connectivity index (χ4n) is 2.14. The molecule has 3 nitrogen and oxygen atoms in total. The zero-order valence-corrected chi connectivity index (χ0v) is 11.9. The smallest absolute Gasteiger partial charge is 0.347 e. The van der Waals surface area contributed by atoms with Crippen molar-refractivity contribution >= 4 is 17.3 Å². The molecule has 0 amide bonds. The number of hydrogen-bond acceptors (Lipinski definition) is 3. The molecule has 1 N–H and O–H groups in total. The molecule has 4 heteroatoms. The third-order valence-corrected chi connectivity index (χ3v) is 4.35. The summed E-state index contributed by atoms with van der Waals surface area (Å²) in [5, 5.41) is 10.1. The summed E-state index contributed by atoms with van der Waals surface area (Å²) in [6.45, 7) is 4.14. The summed E-state index contributed by atoms with van der Waals surface area (Å²) >= 11 is 1.27. The van der Waals surface area contributed by atoms with Gasteiger partial charge in [-0.1, -0.05) is 44.2 Å². The fourth-order valence-corrected chi connectivity index (χ4v) is 3.14. The van der Waals surface area contributed by atoms with Gasteiger partial charge in [-0.25, -0.2) is 9.78 Å². The molecule has 0 fully saturated rings. The molecule has 19 heavy (non-hydrogen) atoms. The van der Waals surface area contributed by atoms with Gasteiger partial charge in [0.15, 0.2) is 0 Å². The highest BCUT2D eigenvalue weighted by atomic mass is 32.1. The standard InChI is InChI=1S/C15H17NO2S/c1-3-10(4-2)12-13(15(17)18)19-14(16-12)11-8-6-5-7-9-11/h5-10H,3-4H2,1-2H3,(H,17,18). The summed E-state index contributed by atoms with van der Waals surface area (Å²) in [5.74, 6) is -0.651. The van der Waals surface area contributed by atoms with E-state index < -0.39 is 5.97 Å². The van der Waals surface area contributed by atoms with Crippen LogP contribution in [-0.4, -0.2) is 16.1 Å². The Morgan fingerprint density at radius 1 is 1.26 bits per heavy atom. The summed E-state index contributed by atoms with van der Waals surface area (Å²) in [5.41, 5.74) is 1.72. The van der Waals surface area contributed by atoms with Gasteiger partial charge in [-0.15, -0.1) is 11.3 Å². The molecule has 0 aliphatic carbocycles. The Labute approximate surface area is 116 Å². The maximum Gasteiger partial charge on any atom is 0.347 e. The van der Waals surface area contributed by atoms with Crippen LogP contribution in [-0.2, 0) is 0 Å². The van der Waals surface area contributed by atoms with Crippen LogP contribution in [0.1, 0.15) is 48.0 Å². The van der Waals surface area contributed by atoms with E-state index in [-0.39, 0.29) is 5.92 Å². The minimum absolute atomic E-state index is 0.222. The van der Waals surface area contributed by atoms with Gasteiger partial charge in [-0.3, -0.25) is 0 Å². The van der Waals surface area contributed by atoms with Gasteiger partial charge in [0.05, 0.1) is 5.69 Å². The lowest BCUT2D eigenvalue weighted by Gasteiger charge is -2.09. The molecule has 0 radical (unpaired) electrons. The molecule has 0 aliphatic heterocycles. The molecular weight excluding hydrogens is 258 g/mol. The van der Waals surface area contributed by atoms with Gasteiger partial charge in [0.2, 0.25) is 0 Å². The van der Waals surface area contributed by atoms with Gasteiger partial charge in [0.1, 0.15) is 9.88 Å². The Morgan fingerprint density at radius 2 is 1.89 bits per heavy atom. The topological polar surface area (TPSA) is 50.2 Å². The SMILES string of the molecule is CCC(CC)c1nc(-c2ccccc2)sc1C(=O)O. The Morgan fingerprint density at radius 3 is 2.42 bits per heavy atom. The van der Waals surface area contributed by atoms with Crippen molar-refractivity contribution in [3.63, 3.8) is 0 Å². The van der Waals surface area contributed by atoms with E-state index in [1.807, 2.05) is 30.3 Å². The first-order valence-electron chi connectivity index (χ1n) is 6.46. The molecule has 0 atom stereocenters. The highest BCUT2D eigenvalue weighted by molar-refractivity contribution is 7.17. The molecule has 0 bridgehead atoms. The number of carbonyl (C=O) groups is 1. The highest BCUT2D eigenvalue weighted by Gasteiger charge is 2.22. The molecule has 0 aliphatic rings. The second kappa shape index (κ2) is 5.97. The largest absolute Gasteiger partial charge is 0.477 e. The average molecular weight is 275 g/mol. The maximum absolute atomic E-state index is 11.4. The van der Waals surface area contributed by atoms with Crippen LogP contribution >= 0.6 is 11.3 Å². The molecule has 0 spiro atoms. The Balaban J connectivity index is 2.49. The molecule has 2 rings (SSSR count). The zero-order valence-electron chi connectivity index (χ0n) is 11.1. The predicted octanol–water partition coefficient (Wildman–Crippen LogP) is 4.41. The van der Waals surface area contributed by atoms with Gasteiger partial charge in [-0.2, -0.15) is 0 Å². The minimum Gasteiger partial charge on any atom is -0.477 e. The quantitative estimate of drug-likeness (QED) is 0.879. The normalized spacial score (nSPS) is 10.9. The van der Waals surface area contributed by atoms with Crippen LogP contribution in [0.5, 0.6) is 0 Å². The van der Waals surface area contributed by atoms with Gasteiger partial charge >= 0.3 is 5.97 Å². The number of aromatic carboxylic acids is 1. The monoisotopic (exact) mass is 275 g/mol. The van der Waals surface area contributed by atoms with Crippen molar-refractivity contribution in [2.24, 2.45) is 0 Å². The van der Waals surface area contributed by atoms with Crippen molar-refractivity contribution in [2.45, 2.75) is 32.6 Å². The first-order chi connectivity index (χ1) is 9.17. The third-order valence-electron chi connectivity index (χ3n) is 3.24. The number of aromatic nitrogens is 1. The molecule has 1 heterocycles. The second-order valence-electron chi connectivity index (χ2n) is 4.42. The number of hydrogen-bond donors (Lipinski definition) is 1. The Bertz CT molecular complexity index is 559. The predicted molar refractivity (Wildman–Crippen MR) is 77.8 cm³/mol. The van der Waals surface area contributed by atoms with Crippen molar-refractivity contribution in [1.82, 2.24) is 4.98 Å². The molecule has 0 saturated carbocycles. The minimum atomic E-state index is -0.874. The Hall–Kier alpha value is -1.68. The summed E-state index contributed by atoms with van der Waals surface area (Å²) in [6.07, 6.45) is 1.82. The molecule has 0 unspecified atom stereocenters. The van der Waals surface area contributed by atoms with E-state index in [1.54, 1.807) is 0 Å². The van der Waals surface area contributed by atoms with Crippen LogP contribution in [0.15, 0.2) is 30.3 Å². The van der Waals surface area contributed by atoms with E-state index in [9.17, 15) is 9.90 Å². The average Bonchev–Trinajstić information content (AvgIpc) is 2.86. The molecule has 1 aromatic carbocycles. The summed E-state index contributed by atoms with van der Waals surface area (Å²) in [7, 11) is 0. The van der Waals surface area contributed by atoms with Crippen molar-refractivity contribution < 1.29 is 9.90 Å². The van der Waals surface area contributed by atoms with Crippen LogP contribution in [0.25, 0.3) is 10.6 Å². The van der Waals surface area contributed by atoms with Gasteiger partial charge in [-0.05, 0) is 12.8 Å². The van der Waals surface area contributed by atoms with Crippen LogP contribution in [0.2, 0.25) is 0 Å². The van der Waals surface area contributed by atoms with Gasteiger partial charge in [0.25, 0.3) is 0 Å². The lowest BCUT2D eigenvalue weighted by Crippen LogP contribution is -2.04. The lowest BCUT2D eigenvalue weighted by atomic mass is 9.98. The van der Waals surface area contributed by atoms with E-state index in [4.69, 9.17) is 0 Å². The zero-order chi connectivity index (χ0) is 13.8. The molecule has 100 valence electrons. The summed E-state index contributed by atoms with van der Waals surface area (Å²) in [6, 6.07) is 9.74. The molecular formula is C15H17NO2S. The number of carboxylic acid groups (broad SMARTS) is 1. The van der Waals surface area contributed by atoms with E-state index in [0.29, 0.717) is 4.88 Å². The molecule has 2 aromatic rings. The first kappa shape index (κ1) is 13.7. The molecule has 0 saturated heterocycles. The van der Waals surface area contributed by atoms with Gasteiger partial charge < -0.3 is 5.11 Å². The van der Waals surface area contributed by atoms with Crippen molar-refractivity contribution in [3.05, 3.63) is 40.9 Å². The van der Waals surface area contributed by atoms with Crippen molar-refractivity contribution in [3.8, 4) is 10.6 Å². The number of nitrogens with zero attached hydrogens (tertiary/aromatic N) is 1. The first-order valence-corrected chi connectivity index (χ1v) is 7.28. The van der Waals surface area contributed by atoms with Crippen LogP contribution < -0.4 is 0 Å². The number of thiazole rings is 1. The van der Waals surface area contributed by atoms with Gasteiger partial charge in [0, 0.05) is 11.5 Å². The summed E-state index contributed by atoms with van der Waals surface area (Å²) < 4.78 is 0. The van der Waals surface area contributed by atoms with E-state index >= 15 is 0 Å². The van der Waals surface area contributed by atoms with E-state index in [1.165, 1.54) is 11.3 Å². The maximum atomic E-state index is 11.4. The summed E-state index contributed by atoms with van der Waals surface area (Å²) in [4.78, 5) is 16.3. The lowest BCUT2D eigenvalue weighted by molar-refractivity contribution is 0.0700. The van der Waals surface area contributed by atoms with Crippen LogP contribution in [0.4, 0.5) is 0 Å². The highest BCUT2D eigenvalue weighted by Crippen LogP contribution is 2.34. The second-order valence-corrected chi connectivity index (χ2v) is 5.42.